The van der Waals surface area contributed by atoms with Crippen molar-refractivity contribution in [2.45, 2.75) is 24.8 Å². The molecule has 116 valence electrons. The molecule has 0 saturated heterocycles. The minimum Gasteiger partial charge on any atom is -0.486 e. The summed E-state index contributed by atoms with van der Waals surface area (Å²) >= 11 is 1.60. The van der Waals surface area contributed by atoms with E-state index in [9.17, 15) is 4.79 Å². The molecule has 0 saturated carbocycles. The third-order valence-corrected chi connectivity index (χ3v) is 4.04. The first kappa shape index (κ1) is 16.0. The number of hydrogen-bond acceptors (Lipinski definition) is 6. The second-order valence-electron chi connectivity index (χ2n) is 4.48. The SMILES string of the molecule is CCNC(CSc1ccc2c(c1)OCCO2)C(=O)OCC. The third kappa shape index (κ3) is 4.54. The zero-order chi connectivity index (χ0) is 15.1. The molecule has 0 aromatic heterocycles. The largest absolute Gasteiger partial charge is 0.486 e. The minimum atomic E-state index is -0.298. The molecule has 0 fully saturated rings. The Labute approximate surface area is 129 Å². The number of carbonyl (C=O) groups excluding carboxylic acids is 1. The van der Waals surface area contributed by atoms with Crippen molar-refractivity contribution in [2.75, 3.05) is 32.1 Å². The van der Waals surface area contributed by atoms with E-state index in [0.717, 1.165) is 22.9 Å². The van der Waals surface area contributed by atoms with E-state index < -0.39 is 0 Å². The van der Waals surface area contributed by atoms with Crippen LogP contribution in [0.3, 0.4) is 0 Å². The number of carbonyl (C=O) groups is 1. The van der Waals surface area contributed by atoms with Crippen LogP contribution >= 0.6 is 11.8 Å². The lowest BCUT2D eigenvalue weighted by atomic mass is 10.3. The number of ether oxygens (including phenoxy) is 3. The lowest BCUT2D eigenvalue weighted by molar-refractivity contribution is -0.144. The Morgan fingerprint density at radius 1 is 1.33 bits per heavy atom. The van der Waals surface area contributed by atoms with Gasteiger partial charge in [-0.3, -0.25) is 4.79 Å². The van der Waals surface area contributed by atoms with E-state index in [1.165, 1.54) is 0 Å². The summed E-state index contributed by atoms with van der Waals surface area (Å²) in [6, 6.07) is 5.54. The summed E-state index contributed by atoms with van der Waals surface area (Å²) in [7, 11) is 0. The molecule has 1 aliphatic rings. The first-order chi connectivity index (χ1) is 10.2. The number of likely N-dealkylation sites (N-methyl/N-ethyl adjacent to an activating group) is 1. The molecule has 1 unspecified atom stereocenters. The van der Waals surface area contributed by atoms with Crippen molar-refractivity contribution in [1.82, 2.24) is 5.32 Å². The molecule has 1 aromatic carbocycles. The van der Waals surface area contributed by atoms with E-state index >= 15 is 0 Å². The number of thioether (sulfide) groups is 1. The second kappa shape index (κ2) is 8.14. The van der Waals surface area contributed by atoms with Crippen LogP contribution in [0.4, 0.5) is 0 Å². The summed E-state index contributed by atoms with van der Waals surface area (Å²) in [5, 5.41) is 3.15. The van der Waals surface area contributed by atoms with Gasteiger partial charge in [0.2, 0.25) is 0 Å². The zero-order valence-corrected chi connectivity index (χ0v) is 13.2. The smallest absolute Gasteiger partial charge is 0.323 e. The summed E-state index contributed by atoms with van der Waals surface area (Å²) in [4.78, 5) is 12.9. The summed E-state index contributed by atoms with van der Waals surface area (Å²) in [5.74, 6) is 1.96. The molecule has 0 spiro atoms. The molecule has 0 amide bonds. The summed E-state index contributed by atoms with van der Waals surface area (Å²) in [5.41, 5.74) is 0. The number of fused-ring (bicyclic) bond motifs is 1. The van der Waals surface area contributed by atoms with E-state index in [1.807, 2.05) is 32.0 Å². The van der Waals surface area contributed by atoms with Crippen LogP contribution in [0.2, 0.25) is 0 Å². The van der Waals surface area contributed by atoms with E-state index in [2.05, 4.69) is 5.32 Å². The number of esters is 1. The molecule has 1 aromatic rings. The van der Waals surface area contributed by atoms with Crippen molar-refractivity contribution < 1.29 is 19.0 Å². The Morgan fingerprint density at radius 3 is 2.81 bits per heavy atom. The van der Waals surface area contributed by atoms with Gasteiger partial charge in [0, 0.05) is 10.6 Å². The number of rotatable bonds is 7. The highest BCUT2D eigenvalue weighted by Gasteiger charge is 2.19. The van der Waals surface area contributed by atoms with Crippen molar-refractivity contribution in [3.05, 3.63) is 18.2 Å². The zero-order valence-electron chi connectivity index (χ0n) is 12.4. The standard InChI is InChI=1S/C15H21NO4S/c1-3-16-12(15(17)18-4-2)10-21-11-5-6-13-14(9-11)20-8-7-19-13/h5-6,9,12,16H,3-4,7-8,10H2,1-2H3. The Balaban J connectivity index is 1.95. The average molecular weight is 311 g/mol. The first-order valence-corrected chi connectivity index (χ1v) is 8.15. The van der Waals surface area contributed by atoms with Crippen molar-refractivity contribution >= 4 is 17.7 Å². The van der Waals surface area contributed by atoms with E-state index in [-0.39, 0.29) is 12.0 Å². The van der Waals surface area contributed by atoms with Crippen LogP contribution in [-0.2, 0) is 9.53 Å². The molecule has 0 radical (unpaired) electrons. The fourth-order valence-electron chi connectivity index (χ4n) is 1.99. The molecule has 6 heteroatoms. The van der Waals surface area contributed by atoms with Gasteiger partial charge in [-0.05, 0) is 31.7 Å². The molecular weight excluding hydrogens is 290 g/mol. The van der Waals surface area contributed by atoms with Crippen molar-refractivity contribution in [1.29, 1.82) is 0 Å². The number of hydrogen-bond donors (Lipinski definition) is 1. The Bertz CT molecular complexity index is 481. The molecule has 1 N–H and O–H groups in total. The van der Waals surface area contributed by atoms with Gasteiger partial charge in [-0.2, -0.15) is 0 Å². The van der Waals surface area contributed by atoms with Gasteiger partial charge in [-0.1, -0.05) is 6.92 Å². The normalized spacial score (nSPS) is 14.6. The van der Waals surface area contributed by atoms with Gasteiger partial charge in [-0.25, -0.2) is 0 Å². The Hall–Kier alpha value is -1.40. The second-order valence-corrected chi connectivity index (χ2v) is 5.57. The van der Waals surface area contributed by atoms with E-state index in [4.69, 9.17) is 14.2 Å². The summed E-state index contributed by atoms with van der Waals surface area (Å²) < 4.78 is 16.1. The van der Waals surface area contributed by atoms with Crippen LogP contribution in [0.25, 0.3) is 0 Å². The highest BCUT2D eigenvalue weighted by Crippen LogP contribution is 2.34. The lowest BCUT2D eigenvalue weighted by Crippen LogP contribution is -2.40. The van der Waals surface area contributed by atoms with Gasteiger partial charge in [0.1, 0.15) is 19.3 Å². The maximum absolute atomic E-state index is 11.8. The van der Waals surface area contributed by atoms with Crippen LogP contribution in [-0.4, -0.2) is 44.1 Å². The highest BCUT2D eigenvalue weighted by molar-refractivity contribution is 7.99. The molecule has 0 aliphatic carbocycles. The number of benzene rings is 1. The molecule has 1 heterocycles. The minimum absolute atomic E-state index is 0.204. The number of nitrogens with one attached hydrogen (secondary N) is 1. The lowest BCUT2D eigenvalue weighted by Gasteiger charge is -2.19. The monoisotopic (exact) mass is 311 g/mol. The van der Waals surface area contributed by atoms with Crippen molar-refractivity contribution in [2.24, 2.45) is 0 Å². The summed E-state index contributed by atoms with van der Waals surface area (Å²) in [6.45, 7) is 6.07. The molecule has 2 rings (SSSR count). The molecule has 0 bridgehead atoms. The van der Waals surface area contributed by atoms with Crippen molar-refractivity contribution in [3.8, 4) is 11.5 Å². The molecule has 1 atom stereocenters. The van der Waals surface area contributed by atoms with Crippen LogP contribution < -0.4 is 14.8 Å². The quantitative estimate of drug-likeness (QED) is 0.615. The molecule has 1 aliphatic heterocycles. The fourth-order valence-corrected chi connectivity index (χ4v) is 2.96. The Kier molecular flexibility index (Phi) is 6.20. The van der Waals surface area contributed by atoms with Gasteiger partial charge in [0.15, 0.2) is 11.5 Å². The predicted molar refractivity (Wildman–Crippen MR) is 82.3 cm³/mol. The fraction of sp³-hybridized carbons (Fsp3) is 0.533. The van der Waals surface area contributed by atoms with E-state index in [0.29, 0.717) is 25.6 Å². The van der Waals surface area contributed by atoms with Gasteiger partial charge in [0.05, 0.1) is 6.61 Å². The average Bonchev–Trinajstić information content (AvgIpc) is 2.51. The molecule has 5 nitrogen and oxygen atoms in total. The van der Waals surface area contributed by atoms with Gasteiger partial charge >= 0.3 is 5.97 Å². The van der Waals surface area contributed by atoms with Crippen LogP contribution in [0, 0.1) is 0 Å². The summed E-state index contributed by atoms with van der Waals surface area (Å²) in [6.07, 6.45) is 0. The highest BCUT2D eigenvalue weighted by atomic mass is 32.2. The van der Waals surface area contributed by atoms with Gasteiger partial charge in [0.25, 0.3) is 0 Å². The van der Waals surface area contributed by atoms with Gasteiger partial charge < -0.3 is 19.5 Å². The Morgan fingerprint density at radius 2 is 2.10 bits per heavy atom. The van der Waals surface area contributed by atoms with Crippen LogP contribution in [0.15, 0.2) is 23.1 Å². The van der Waals surface area contributed by atoms with Crippen LogP contribution in [0.1, 0.15) is 13.8 Å². The maximum Gasteiger partial charge on any atom is 0.323 e. The third-order valence-electron chi connectivity index (χ3n) is 2.95. The molecular formula is C15H21NO4S. The van der Waals surface area contributed by atoms with Crippen LogP contribution in [0.5, 0.6) is 11.5 Å². The topological polar surface area (TPSA) is 56.8 Å². The predicted octanol–water partition coefficient (Wildman–Crippen LogP) is 2.09. The van der Waals surface area contributed by atoms with Gasteiger partial charge in [-0.15, -0.1) is 11.8 Å². The first-order valence-electron chi connectivity index (χ1n) is 7.17. The van der Waals surface area contributed by atoms with Crippen molar-refractivity contribution in [3.63, 3.8) is 0 Å². The van der Waals surface area contributed by atoms with E-state index in [1.54, 1.807) is 11.8 Å². The molecule has 21 heavy (non-hydrogen) atoms. The maximum atomic E-state index is 11.8.